The molecule has 0 spiro atoms. The molecule has 5 heteroatoms. The summed E-state index contributed by atoms with van der Waals surface area (Å²) in [4.78, 5) is 0. The molecule has 4 atom stereocenters. The zero-order valence-corrected chi connectivity index (χ0v) is 18.7. The van der Waals surface area contributed by atoms with Crippen molar-refractivity contribution in [3.63, 3.8) is 0 Å². The maximum atomic E-state index is 12.9. The van der Waals surface area contributed by atoms with Gasteiger partial charge in [0.15, 0.2) is 0 Å². The molecule has 1 aromatic carbocycles. The molecule has 1 unspecified atom stereocenters. The monoisotopic (exact) mass is 436 g/mol. The average Bonchev–Trinajstić information content (AvgIpc) is 2.49. The van der Waals surface area contributed by atoms with Crippen molar-refractivity contribution in [2.75, 3.05) is 12.4 Å². The highest BCUT2D eigenvalue weighted by Gasteiger charge is 2.41. The Hall–Kier alpha value is 0.1000. The summed E-state index contributed by atoms with van der Waals surface area (Å²) < 4.78 is 13.5. The van der Waals surface area contributed by atoms with Crippen molar-refractivity contribution in [1.29, 1.82) is 0 Å². The first kappa shape index (κ1) is 22.1. The van der Waals surface area contributed by atoms with Gasteiger partial charge in [0.05, 0.1) is 5.02 Å². The predicted octanol–water partition coefficient (Wildman–Crippen LogP) is 5.56. The minimum Gasteiger partial charge on any atom is -0.396 e. The fourth-order valence-corrected chi connectivity index (χ4v) is 4.82. The van der Waals surface area contributed by atoms with E-state index in [0.29, 0.717) is 16.7 Å². The first-order chi connectivity index (χ1) is 11.0. The van der Waals surface area contributed by atoms with Gasteiger partial charge in [-0.2, -0.15) is 0 Å². The van der Waals surface area contributed by atoms with Crippen LogP contribution in [0, 0.1) is 11.8 Å². The standard InChI is InChI=1S/C19H30BrClO2S/c1-7-13(2)15(11-22)19(6,12-24(23)18(3,4)5)14-8-9-16(20)17(21)10-14/h8-10,13,15,22H,7,11-12H2,1-6H3/t13-,15?,19-,24+/m0/s1. The molecule has 0 radical (unpaired) electrons. The van der Waals surface area contributed by atoms with Crippen LogP contribution in [0.3, 0.4) is 0 Å². The largest absolute Gasteiger partial charge is 0.396 e. The van der Waals surface area contributed by atoms with Crippen molar-refractivity contribution in [2.45, 2.75) is 58.1 Å². The van der Waals surface area contributed by atoms with Crippen LogP contribution in [0.5, 0.6) is 0 Å². The molecule has 0 aliphatic carbocycles. The van der Waals surface area contributed by atoms with Crippen LogP contribution in [0.2, 0.25) is 5.02 Å². The average molecular weight is 438 g/mol. The Morgan fingerprint density at radius 1 is 1.29 bits per heavy atom. The number of hydrogen-bond acceptors (Lipinski definition) is 2. The Morgan fingerprint density at radius 3 is 2.29 bits per heavy atom. The maximum Gasteiger partial charge on any atom is 0.0551 e. The van der Waals surface area contributed by atoms with E-state index in [2.05, 4.69) is 36.7 Å². The topological polar surface area (TPSA) is 37.3 Å². The molecule has 0 heterocycles. The van der Waals surface area contributed by atoms with Gasteiger partial charge in [0.25, 0.3) is 0 Å². The number of rotatable bonds is 7. The molecule has 138 valence electrons. The van der Waals surface area contributed by atoms with E-state index >= 15 is 0 Å². The van der Waals surface area contributed by atoms with E-state index in [4.69, 9.17) is 11.6 Å². The fraction of sp³-hybridized carbons (Fsp3) is 0.684. The molecule has 0 bridgehead atoms. The Kier molecular flexibility index (Phi) is 7.99. The predicted molar refractivity (Wildman–Crippen MR) is 109 cm³/mol. The van der Waals surface area contributed by atoms with Gasteiger partial charge in [-0.1, -0.05) is 44.9 Å². The summed E-state index contributed by atoms with van der Waals surface area (Å²) in [6.07, 6.45) is 0.966. The summed E-state index contributed by atoms with van der Waals surface area (Å²) in [5.41, 5.74) is 0.625. The summed E-state index contributed by atoms with van der Waals surface area (Å²) in [5.74, 6) is 0.842. The second-order valence-electron chi connectivity index (χ2n) is 7.82. The van der Waals surface area contributed by atoms with Crippen LogP contribution in [-0.2, 0) is 16.2 Å². The van der Waals surface area contributed by atoms with Crippen LogP contribution >= 0.6 is 27.5 Å². The van der Waals surface area contributed by atoms with E-state index < -0.39 is 16.2 Å². The maximum absolute atomic E-state index is 12.9. The quantitative estimate of drug-likeness (QED) is 0.606. The number of hydrogen-bond donors (Lipinski definition) is 1. The van der Waals surface area contributed by atoms with Crippen molar-refractivity contribution >= 4 is 38.3 Å². The summed E-state index contributed by atoms with van der Waals surface area (Å²) in [5, 5.41) is 10.8. The lowest BCUT2D eigenvalue weighted by Gasteiger charge is -2.41. The summed E-state index contributed by atoms with van der Waals surface area (Å²) >= 11 is 9.76. The highest BCUT2D eigenvalue weighted by Crippen LogP contribution is 2.41. The van der Waals surface area contributed by atoms with Gasteiger partial charge in [-0.05, 0) is 66.2 Å². The minimum absolute atomic E-state index is 0.0195. The molecule has 0 saturated carbocycles. The lowest BCUT2D eigenvalue weighted by atomic mass is 9.68. The van der Waals surface area contributed by atoms with Crippen LogP contribution < -0.4 is 0 Å². The molecule has 1 rings (SSSR count). The molecule has 0 saturated heterocycles. The second kappa shape index (κ2) is 8.66. The normalized spacial score (nSPS) is 18.7. The molecule has 1 aromatic rings. The molecule has 0 amide bonds. The molecular weight excluding hydrogens is 408 g/mol. The van der Waals surface area contributed by atoms with Gasteiger partial charge in [-0.3, -0.25) is 4.21 Å². The van der Waals surface area contributed by atoms with Crippen molar-refractivity contribution in [3.8, 4) is 0 Å². The van der Waals surface area contributed by atoms with Crippen molar-refractivity contribution in [1.82, 2.24) is 0 Å². The van der Waals surface area contributed by atoms with Gasteiger partial charge in [-0.15, -0.1) is 0 Å². The van der Waals surface area contributed by atoms with Gasteiger partial charge in [0.2, 0.25) is 0 Å². The fourth-order valence-electron chi connectivity index (χ4n) is 3.04. The van der Waals surface area contributed by atoms with E-state index in [1.807, 2.05) is 39.0 Å². The van der Waals surface area contributed by atoms with Crippen LogP contribution in [0.4, 0.5) is 0 Å². The molecule has 0 aliphatic heterocycles. The Morgan fingerprint density at radius 2 is 1.88 bits per heavy atom. The summed E-state index contributed by atoms with van der Waals surface area (Å²) in [6.45, 7) is 12.5. The van der Waals surface area contributed by atoms with Crippen LogP contribution in [0.1, 0.15) is 53.5 Å². The zero-order chi connectivity index (χ0) is 18.7. The second-order valence-corrected chi connectivity index (χ2v) is 11.3. The van der Waals surface area contributed by atoms with E-state index in [9.17, 15) is 9.32 Å². The SMILES string of the molecule is CC[C@H](C)C(CO)[C@@](C)(C[S@@](=O)C(C)(C)C)c1ccc(Br)c(Cl)c1. The van der Waals surface area contributed by atoms with Gasteiger partial charge < -0.3 is 5.11 Å². The molecule has 24 heavy (non-hydrogen) atoms. The van der Waals surface area contributed by atoms with Crippen molar-refractivity contribution in [3.05, 3.63) is 33.3 Å². The molecule has 0 fully saturated rings. The van der Waals surface area contributed by atoms with Crippen LogP contribution in [-0.4, -0.2) is 26.4 Å². The van der Waals surface area contributed by atoms with Crippen LogP contribution in [0.15, 0.2) is 22.7 Å². The van der Waals surface area contributed by atoms with Gasteiger partial charge in [0.1, 0.15) is 0 Å². The van der Waals surface area contributed by atoms with Crippen LogP contribution in [0.25, 0.3) is 0 Å². The Bertz CT molecular complexity index is 585. The summed E-state index contributed by atoms with van der Waals surface area (Å²) in [7, 11) is -1.03. The lowest BCUT2D eigenvalue weighted by Crippen LogP contribution is -2.45. The van der Waals surface area contributed by atoms with Crippen molar-refractivity contribution < 1.29 is 9.32 Å². The number of aliphatic hydroxyl groups excluding tert-OH is 1. The van der Waals surface area contributed by atoms with Gasteiger partial charge in [0, 0.05) is 37.8 Å². The minimum atomic E-state index is -1.03. The molecule has 2 nitrogen and oxygen atoms in total. The number of aliphatic hydroxyl groups is 1. The van der Waals surface area contributed by atoms with E-state index in [-0.39, 0.29) is 17.3 Å². The molecule has 0 aromatic heterocycles. The first-order valence-electron chi connectivity index (χ1n) is 8.42. The highest BCUT2D eigenvalue weighted by atomic mass is 79.9. The smallest absolute Gasteiger partial charge is 0.0551 e. The van der Waals surface area contributed by atoms with E-state index in [1.54, 1.807) is 0 Å². The molecule has 1 N–H and O–H groups in total. The zero-order valence-electron chi connectivity index (χ0n) is 15.5. The number of benzene rings is 1. The third kappa shape index (κ3) is 5.06. The number of halogens is 2. The first-order valence-corrected chi connectivity index (χ1v) is 10.9. The van der Waals surface area contributed by atoms with Gasteiger partial charge in [-0.25, -0.2) is 0 Å². The van der Waals surface area contributed by atoms with Crippen molar-refractivity contribution in [2.24, 2.45) is 11.8 Å². The highest BCUT2D eigenvalue weighted by molar-refractivity contribution is 9.10. The van der Waals surface area contributed by atoms with Gasteiger partial charge >= 0.3 is 0 Å². The Labute approximate surface area is 163 Å². The molecule has 0 aliphatic rings. The van der Waals surface area contributed by atoms with E-state index in [1.165, 1.54) is 0 Å². The van der Waals surface area contributed by atoms with E-state index in [0.717, 1.165) is 16.5 Å². The lowest BCUT2D eigenvalue weighted by molar-refractivity contribution is 0.119. The third-order valence-corrected chi connectivity index (χ3v) is 8.50. The Balaban J connectivity index is 3.43. The summed E-state index contributed by atoms with van der Waals surface area (Å²) in [6, 6.07) is 5.90. The molecular formula is C19H30BrClO2S. The third-order valence-electron chi connectivity index (χ3n) is 5.04.